The Morgan fingerprint density at radius 3 is 2.53 bits per heavy atom. The molecule has 4 nitrogen and oxygen atoms in total. The molecule has 0 amide bonds. The Kier molecular flexibility index (Phi) is 3.10. The van der Waals surface area contributed by atoms with Gasteiger partial charge in [0.25, 0.3) is 0 Å². The predicted octanol–water partition coefficient (Wildman–Crippen LogP) is 1.24. The minimum absolute atomic E-state index is 0.0396. The number of rotatable bonds is 3. The number of nitrogens with zero attached hydrogens (tertiary/aromatic N) is 3. The van der Waals surface area contributed by atoms with Gasteiger partial charge in [-0.05, 0) is 12.1 Å². The van der Waals surface area contributed by atoms with Crippen molar-refractivity contribution >= 4 is 17.2 Å². The molecule has 0 saturated heterocycles. The topological polar surface area (TPSA) is 56.7 Å². The second kappa shape index (κ2) is 4.54. The van der Waals surface area contributed by atoms with E-state index in [1.165, 1.54) is 29.2 Å². The van der Waals surface area contributed by atoms with Crippen molar-refractivity contribution in [1.29, 1.82) is 0 Å². The van der Waals surface area contributed by atoms with Crippen LogP contribution in [-0.4, -0.2) is 19.8 Å². The molecule has 0 saturated carbocycles. The quantitative estimate of drug-likeness (QED) is 0.837. The zero-order valence-electron chi connectivity index (χ0n) is 8.60. The molecule has 0 spiro atoms. The van der Waals surface area contributed by atoms with Gasteiger partial charge in [-0.1, -0.05) is 18.3 Å². The molecule has 0 aliphatic carbocycles. The molecular weight excluding hydrogens is 246 g/mol. The normalized spacial score (nSPS) is 10.5. The van der Waals surface area contributed by atoms with Crippen LogP contribution in [0.5, 0.6) is 0 Å². The van der Waals surface area contributed by atoms with Gasteiger partial charge in [0, 0.05) is 5.56 Å². The zero-order chi connectivity index (χ0) is 12.4. The van der Waals surface area contributed by atoms with Crippen LogP contribution >= 0.6 is 12.2 Å². The van der Waals surface area contributed by atoms with Crippen molar-refractivity contribution in [3.05, 3.63) is 47.5 Å². The second-order valence-corrected chi connectivity index (χ2v) is 3.77. The molecule has 88 valence electrons. The summed E-state index contributed by atoms with van der Waals surface area (Å²) in [6.07, 6.45) is 1.32. The van der Waals surface area contributed by atoms with E-state index in [4.69, 9.17) is 5.73 Å². The van der Waals surface area contributed by atoms with E-state index in [0.29, 0.717) is 0 Å². The first-order chi connectivity index (χ1) is 8.08. The number of hydrogen-bond donors (Lipinski definition) is 1. The highest BCUT2D eigenvalue weighted by atomic mass is 32.1. The lowest BCUT2D eigenvalue weighted by Crippen LogP contribution is -2.13. The van der Waals surface area contributed by atoms with Crippen molar-refractivity contribution in [3.63, 3.8) is 0 Å². The van der Waals surface area contributed by atoms with E-state index in [1.807, 2.05) is 0 Å². The summed E-state index contributed by atoms with van der Waals surface area (Å²) in [4.78, 5) is 3.85. The fourth-order valence-electron chi connectivity index (χ4n) is 1.33. The fraction of sp³-hybridized carbons (Fsp3) is 0.100. The maximum atomic E-state index is 13.3. The van der Waals surface area contributed by atoms with E-state index in [9.17, 15) is 8.78 Å². The lowest BCUT2D eigenvalue weighted by Gasteiger charge is -2.03. The Morgan fingerprint density at radius 2 is 2.00 bits per heavy atom. The van der Waals surface area contributed by atoms with Crippen LogP contribution in [0.15, 0.2) is 24.5 Å². The van der Waals surface area contributed by atoms with Crippen molar-refractivity contribution in [2.24, 2.45) is 5.73 Å². The highest BCUT2D eigenvalue weighted by Crippen LogP contribution is 2.13. The van der Waals surface area contributed by atoms with Crippen molar-refractivity contribution in [1.82, 2.24) is 14.8 Å². The van der Waals surface area contributed by atoms with Gasteiger partial charge >= 0.3 is 0 Å². The maximum absolute atomic E-state index is 13.3. The van der Waals surface area contributed by atoms with Crippen molar-refractivity contribution in [3.8, 4) is 0 Å². The van der Waals surface area contributed by atoms with Crippen molar-refractivity contribution in [2.45, 2.75) is 6.54 Å². The van der Waals surface area contributed by atoms with Crippen LogP contribution < -0.4 is 5.73 Å². The molecule has 1 heterocycles. The molecule has 2 aromatic rings. The molecule has 2 N–H and O–H groups in total. The molecule has 1 aromatic heterocycles. The largest absolute Gasteiger partial charge is 0.387 e. The first kappa shape index (κ1) is 11.6. The van der Waals surface area contributed by atoms with E-state index in [1.54, 1.807) is 0 Å². The van der Waals surface area contributed by atoms with E-state index in [0.717, 1.165) is 0 Å². The fourth-order valence-corrected chi connectivity index (χ4v) is 1.42. The first-order valence-electron chi connectivity index (χ1n) is 4.70. The average Bonchev–Trinajstić information content (AvgIpc) is 2.72. The molecule has 1 aromatic carbocycles. The van der Waals surface area contributed by atoms with Gasteiger partial charge < -0.3 is 5.73 Å². The average molecular weight is 254 g/mol. The van der Waals surface area contributed by atoms with Crippen LogP contribution in [0.25, 0.3) is 0 Å². The Hall–Kier alpha value is -1.89. The number of aromatic nitrogens is 3. The maximum Gasteiger partial charge on any atom is 0.208 e. The summed E-state index contributed by atoms with van der Waals surface area (Å²) in [5.41, 5.74) is 5.25. The summed E-state index contributed by atoms with van der Waals surface area (Å²) in [5.74, 6) is -1.08. The van der Waals surface area contributed by atoms with E-state index in [-0.39, 0.29) is 22.9 Å². The van der Waals surface area contributed by atoms with E-state index in [2.05, 4.69) is 22.3 Å². The van der Waals surface area contributed by atoms with Gasteiger partial charge in [-0.2, -0.15) is 0 Å². The lowest BCUT2D eigenvalue weighted by atomic mass is 10.2. The molecule has 0 bridgehead atoms. The monoisotopic (exact) mass is 254 g/mol. The summed E-state index contributed by atoms with van der Waals surface area (Å²) in [7, 11) is 0. The molecule has 0 fully saturated rings. The number of nitrogens with two attached hydrogens (primary N) is 1. The molecule has 0 unspecified atom stereocenters. The molecule has 0 radical (unpaired) electrons. The molecular formula is C10H8F2N4S. The van der Waals surface area contributed by atoms with Crippen LogP contribution in [-0.2, 0) is 6.54 Å². The van der Waals surface area contributed by atoms with Gasteiger partial charge in [-0.25, -0.2) is 18.4 Å². The minimum atomic E-state index is -0.627. The van der Waals surface area contributed by atoms with Crippen molar-refractivity contribution in [2.75, 3.05) is 0 Å². The van der Waals surface area contributed by atoms with Gasteiger partial charge in [0.05, 0.1) is 6.54 Å². The van der Waals surface area contributed by atoms with Crippen LogP contribution in [0.4, 0.5) is 8.78 Å². The molecule has 2 rings (SSSR count). The highest BCUT2D eigenvalue weighted by Gasteiger charge is 2.10. The van der Waals surface area contributed by atoms with Gasteiger partial charge in [-0.15, -0.1) is 5.10 Å². The Morgan fingerprint density at radius 1 is 1.35 bits per heavy atom. The summed E-state index contributed by atoms with van der Waals surface area (Å²) in [5, 5.41) is 3.89. The van der Waals surface area contributed by atoms with E-state index >= 15 is 0 Å². The van der Waals surface area contributed by atoms with Crippen molar-refractivity contribution < 1.29 is 8.78 Å². The van der Waals surface area contributed by atoms with Crippen LogP contribution in [0, 0.1) is 11.6 Å². The minimum Gasteiger partial charge on any atom is -0.387 e. The number of hydrogen-bond acceptors (Lipinski definition) is 3. The molecule has 0 atom stereocenters. The Balaban J connectivity index is 2.28. The Labute approximate surface area is 101 Å². The van der Waals surface area contributed by atoms with Gasteiger partial charge in [0.2, 0.25) is 5.82 Å². The SMILES string of the molecule is NC(=S)c1ncn(Cc2c(F)cccc2F)n1. The van der Waals surface area contributed by atoms with Gasteiger partial charge in [0.15, 0.2) is 0 Å². The third kappa shape index (κ3) is 2.44. The first-order valence-corrected chi connectivity index (χ1v) is 5.11. The number of halogens is 2. The standard InChI is InChI=1S/C10H8F2N4S/c11-7-2-1-3-8(12)6(7)4-16-5-14-10(15-16)9(13)17/h1-3,5H,4H2,(H2,13,17). The summed E-state index contributed by atoms with van der Waals surface area (Å²) >= 11 is 4.68. The number of benzene rings is 1. The lowest BCUT2D eigenvalue weighted by molar-refractivity contribution is 0.532. The highest BCUT2D eigenvalue weighted by molar-refractivity contribution is 7.80. The third-order valence-electron chi connectivity index (χ3n) is 2.14. The molecule has 17 heavy (non-hydrogen) atoms. The van der Waals surface area contributed by atoms with Gasteiger partial charge in [0.1, 0.15) is 23.0 Å². The van der Waals surface area contributed by atoms with Crippen LogP contribution in [0.3, 0.4) is 0 Å². The predicted molar refractivity (Wildman–Crippen MR) is 61.4 cm³/mol. The van der Waals surface area contributed by atoms with E-state index < -0.39 is 11.6 Å². The molecule has 0 aliphatic rings. The Bertz CT molecular complexity index is 547. The smallest absolute Gasteiger partial charge is 0.208 e. The summed E-state index contributed by atoms with van der Waals surface area (Å²) < 4.78 is 28.0. The van der Waals surface area contributed by atoms with Crippen LogP contribution in [0.2, 0.25) is 0 Å². The summed E-state index contributed by atoms with van der Waals surface area (Å²) in [6, 6.07) is 3.67. The number of thiocarbonyl (C=S) groups is 1. The van der Waals surface area contributed by atoms with Gasteiger partial charge in [-0.3, -0.25) is 0 Å². The van der Waals surface area contributed by atoms with Crippen LogP contribution in [0.1, 0.15) is 11.4 Å². The second-order valence-electron chi connectivity index (χ2n) is 3.33. The summed E-state index contributed by atoms with van der Waals surface area (Å²) in [6.45, 7) is -0.0614. The molecule has 7 heteroatoms. The molecule has 0 aliphatic heterocycles. The third-order valence-corrected chi connectivity index (χ3v) is 2.32. The zero-order valence-corrected chi connectivity index (χ0v) is 9.42.